The summed E-state index contributed by atoms with van der Waals surface area (Å²) in [6, 6.07) is 5.41. The van der Waals surface area contributed by atoms with Crippen LogP contribution in [0, 0.1) is 0 Å². The maximum Gasteiger partial charge on any atom is 0.340 e. The molecule has 6 N–H and O–H groups in total. The zero-order chi connectivity index (χ0) is 25.7. The van der Waals surface area contributed by atoms with Crippen molar-refractivity contribution in [1.82, 2.24) is 19.9 Å². The quantitative estimate of drug-likeness (QED) is 0.182. The van der Waals surface area contributed by atoms with E-state index in [-0.39, 0.29) is 84.2 Å². The first-order valence-corrected chi connectivity index (χ1v) is 10.2. The molecule has 0 radical (unpaired) electrons. The van der Waals surface area contributed by atoms with Crippen LogP contribution in [0.25, 0.3) is 46.4 Å². The smallest absolute Gasteiger partial charge is 0.340 e. The summed E-state index contributed by atoms with van der Waals surface area (Å²) >= 11 is 0. The van der Waals surface area contributed by atoms with Gasteiger partial charge in [0.05, 0.1) is 44.8 Å². The van der Waals surface area contributed by atoms with Crippen LogP contribution in [0.15, 0.2) is 24.3 Å². The van der Waals surface area contributed by atoms with Crippen LogP contribution in [0.4, 0.5) is 0 Å². The van der Waals surface area contributed by atoms with Gasteiger partial charge in [0.25, 0.3) is 0 Å². The Bertz CT molecular complexity index is 1520. The van der Waals surface area contributed by atoms with Crippen LogP contribution in [0.2, 0.25) is 0 Å². The summed E-state index contributed by atoms with van der Waals surface area (Å²) in [5, 5.41) is 39.5. The minimum absolute atomic E-state index is 0. The van der Waals surface area contributed by atoms with Gasteiger partial charge < -0.3 is 30.4 Å². The molecule has 5 rings (SSSR count). The largest absolute Gasteiger partial charge is 0.478 e. The van der Waals surface area contributed by atoms with E-state index in [1.807, 2.05) is 0 Å². The van der Waals surface area contributed by atoms with Gasteiger partial charge in [0.1, 0.15) is 22.3 Å². The normalized spacial score (nSPS) is 11.7. The number of aromatic nitrogens is 4. The summed E-state index contributed by atoms with van der Waals surface area (Å²) in [5.41, 5.74) is -1.38. The Kier molecular flexibility index (Phi) is 6.26. The van der Waals surface area contributed by atoms with Crippen molar-refractivity contribution in [3.63, 3.8) is 0 Å². The van der Waals surface area contributed by atoms with Crippen LogP contribution < -0.4 is 0 Å². The maximum atomic E-state index is 12.1. The molecule has 3 aromatic rings. The van der Waals surface area contributed by atoms with E-state index in [1.54, 1.807) is 0 Å². The van der Waals surface area contributed by atoms with Crippen molar-refractivity contribution in [3.05, 3.63) is 69.3 Å². The second kappa shape index (κ2) is 9.22. The first kappa shape index (κ1) is 25.1. The molecular weight excluding hydrogens is 528 g/mol. The van der Waals surface area contributed by atoms with E-state index in [4.69, 9.17) is 0 Å². The van der Waals surface area contributed by atoms with Gasteiger partial charge in [0.2, 0.25) is 0 Å². The number of aromatic amines is 2. The number of carboxylic acids is 4. The predicted octanol–water partition coefficient (Wildman–Crippen LogP) is 3.45. The van der Waals surface area contributed by atoms with Crippen LogP contribution in [0.5, 0.6) is 0 Å². The summed E-state index contributed by atoms with van der Waals surface area (Å²) in [6.45, 7) is 0. The van der Waals surface area contributed by atoms with Crippen molar-refractivity contribution in [2.24, 2.45) is 0 Å². The average molecular weight is 542 g/mol. The Hall–Kier alpha value is -5.00. The second-order valence-corrected chi connectivity index (χ2v) is 7.72. The van der Waals surface area contributed by atoms with Gasteiger partial charge in [-0.2, -0.15) is 0 Å². The molecule has 186 valence electrons. The van der Waals surface area contributed by atoms with Crippen molar-refractivity contribution in [1.29, 1.82) is 0 Å². The van der Waals surface area contributed by atoms with Crippen molar-refractivity contribution >= 4 is 70.2 Å². The van der Waals surface area contributed by atoms with E-state index >= 15 is 0 Å². The van der Waals surface area contributed by atoms with Crippen LogP contribution in [-0.2, 0) is 17.1 Å². The Morgan fingerprint density at radius 1 is 0.486 bits per heavy atom. The van der Waals surface area contributed by atoms with E-state index in [9.17, 15) is 39.6 Å². The molecule has 12 nitrogen and oxygen atoms in total. The summed E-state index contributed by atoms with van der Waals surface area (Å²) in [6.07, 6.45) is 5.30. The molecule has 0 atom stereocenters. The molecule has 3 aromatic heterocycles. The summed E-state index contributed by atoms with van der Waals surface area (Å²) in [4.78, 5) is 62.4. The number of fused-ring (bicyclic) bond motifs is 8. The van der Waals surface area contributed by atoms with Gasteiger partial charge in [-0.25, -0.2) is 29.1 Å². The van der Waals surface area contributed by atoms with Crippen molar-refractivity contribution in [3.8, 4) is 0 Å². The Morgan fingerprint density at radius 3 is 0.892 bits per heavy atom. The monoisotopic (exact) mass is 542 g/mol. The SMILES string of the molecule is O=C(O)c1c2nc(c(C(=O)O)c3ccc([nH]3)c(C(=O)O)c3nc(c(C(=O)O)c4ccc1[nH]4)C=C3)C=C2.[Fe]. The van der Waals surface area contributed by atoms with Gasteiger partial charge in [-0.05, 0) is 48.6 Å². The number of hydrogen-bond donors (Lipinski definition) is 6. The zero-order valence-electron chi connectivity index (χ0n) is 18.3. The third-order valence-corrected chi connectivity index (χ3v) is 5.61. The maximum absolute atomic E-state index is 12.1. The van der Waals surface area contributed by atoms with E-state index < -0.39 is 23.9 Å². The molecule has 0 fully saturated rings. The molecule has 0 amide bonds. The topological polar surface area (TPSA) is 207 Å². The summed E-state index contributed by atoms with van der Waals surface area (Å²) < 4.78 is 0. The molecule has 0 aromatic carbocycles. The van der Waals surface area contributed by atoms with E-state index in [0.29, 0.717) is 0 Å². The molecule has 8 bridgehead atoms. The van der Waals surface area contributed by atoms with E-state index in [2.05, 4.69) is 19.9 Å². The first-order chi connectivity index (χ1) is 17.2. The van der Waals surface area contributed by atoms with E-state index in [0.717, 1.165) is 0 Å². The van der Waals surface area contributed by atoms with Gasteiger partial charge in [0.15, 0.2) is 0 Å². The minimum atomic E-state index is -1.38. The standard InChI is InChI=1S/C24H14N4O8.Fe/c29-21(30)17-9-1-2-10(25-9)18(22(31)32)12-5-6-14(27-12)20(24(35)36)16-8-7-15(28-16)19(23(33)34)13-4-3-11(17)26-13;/h1-8,25,28H,(H,29,30)(H,31,32)(H,33,34)(H,35,36);. The van der Waals surface area contributed by atoms with Crippen molar-refractivity contribution in [2.45, 2.75) is 0 Å². The molecule has 5 heterocycles. The Balaban J connectivity index is 0.00000320. The van der Waals surface area contributed by atoms with Gasteiger partial charge in [-0.15, -0.1) is 0 Å². The number of hydrogen-bond acceptors (Lipinski definition) is 6. The number of carboxylic acid groups (broad SMARTS) is 4. The van der Waals surface area contributed by atoms with Crippen LogP contribution >= 0.6 is 0 Å². The number of carbonyl (C=O) groups is 4. The van der Waals surface area contributed by atoms with Gasteiger partial charge in [-0.3, -0.25) is 0 Å². The van der Waals surface area contributed by atoms with Gasteiger partial charge in [0, 0.05) is 17.1 Å². The van der Waals surface area contributed by atoms with Crippen LogP contribution in [0.3, 0.4) is 0 Å². The predicted molar refractivity (Wildman–Crippen MR) is 127 cm³/mol. The fourth-order valence-corrected chi connectivity index (χ4v) is 4.11. The van der Waals surface area contributed by atoms with Crippen LogP contribution in [0.1, 0.15) is 64.2 Å². The first-order valence-electron chi connectivity index (χ1n) is 10.2. The molecule has 0 saturated carbocycles. The third kappa shape index (κ3) is 4.18. The molecule has 2 aliphatic rings. The van der Waals surface area contributed by atoms with E-state index in [1.165, 1.54) is 48.6 Å². The number of aromatic carboxylic acids is 4. The van der Waals surface area contributed by atoms with Gasteiger partial charge in [-0.1, -0.05) is 0 Å². The molecule has 13 heteroatoms. The fraction of sp³-hybridized carbons (Fsp3) is 0. The molecule has 2 aliphatic heterocycles. The molecule has 37 heavy (non-hydrogen) atoms. The zero-order valence-corrected chi connectivity index (χ0v) is 19.4. The van der Waals surface area contributed by atoms with Gasteiger partial charge >= 0.3 is 23.9 Å². The number of nitrogens with zero attached hydrogens (tertiary/aromatic N) is 2. The minimum Gasteiger partial charge on any atom is -0.478 e. The fourth-order valence-electron chi connectivity index (χ4n) is 4.11. The Morgan fingerprint density at radius 2 is 0.703 bits per heavy atom. The average Bonchev–Trinajstić information content (AvgIpc) is 3.57. The third-order valence-electron chi connectivity index (χ3n) is 5.61. The summed E-state index contributed by atoms with van der Waals surface area (Å²) in [7, 11) is 0. The molecule has 0 spiro atoms. The molecular formula is C24H14FeN4O8. The number of H-pyrrole nitrogens is 2. The van der Waals surface area contributed by atoms with Crippen LogP contribution in [-0.4, -0.2) is 64.2 Å². The second-order valence-electron chi connectivity index (χ2n) is 7.72. The van der Waals surface area contributed by atoms with Crippen molar-refractivity contribution in [2.75, 3.05) is 0 Å². The molecule has 0 saturated heterocycles. The van der Waals surface area contributed by atoms with Crippen molar-refractivity contribution < 1.29 is 56.7 Å². The Labute approximate surface area is 216 Å². The molecule has 0 aliphatic carbocycles. The summed E-state index contributed by atoms with van der Waals surface area (Å²) in [5.74, 6) is -5.50. The number of nitrogens with one attached hydrogen (secondary N) is 2. The number of rotatable bonds is 4. The molecule has 0 unspecified atom stereocenters.